The maximum absolute atomic E-state index is 13.0. The minimum atomic E-state index is -1.09. The highest BCUT2D eigenvalue weighted by Gasteiger charge is 2.66. The van der Waals surface area contributed by atoms with Crippen LogP contribution in [0.15, 0.2) is 84.9 Å². The predicted molar refractivity (Wildman–Crippen MR) is 124 cm³/mol. The van der Waals surface area contributed by atoms with E-state index in [-0.39, 0.29) is 18.1 Å². The first kappa shape index (κ1) is 20.6. The van der Waals surface area contributed by atoms with Crippen molar-refractivity contribution in [3.8, 4) is 0 Å². The number of aliphatic hydroxyl groups excluding tert-OH is 1. The molecule has 2 bridgehead atoms. The van der Waals surface area contributed by atoms with Crippen LogP contribution in [-0.4, -0.2) is 47.3 Å². The molecule has 3 aromatic carbocycles. The molecule has 1 N–H and O–H groups in total. The van der Waals surface area contributed by atoms with E-state index in [1.165, 1.54) is 11.1 Å². The Hall–Kier alpha value is -2.99. The van der Waals surface area contributed by atoms with Gasteiger partial charge in [0.05, 0.1) is 11.6 Å². The molecule has 7 atom stereocenters. The van der Waals surface area contributed by atoms with Gasteiger partial charge in [-0.25, -0.2) is 4.79 Å². The molecule has 0 spiro atoms. The highest BCUT2D eigenvalue weighted by molar-refractivity contribution is 5.89. The summed E-state index contributed by atoms with van der Waals surface area (Å²) in [5, 5.41) is 10.9. The van der Waals surface area contributed by atoms with E-state index in [0.29, 0.717) is 23.0 Å². The van der Waals surface area contributed by atoms with Crippen molar-refractivity contribution in [2.75, 3.05) is 7.05 Å². The molecule has 6 rings (SSSR count). The van der Waals surface area contributed by atoms with Crippen molar-refractivity contribution in [1.82, 2.24) is 4.90 Å². The van der Waals surface area contributed by atoms with Gasteiger partial charge in [0.1, 0.15) is 12.2 Å². The van der Waals surface area contributed by atoms with Gasteiger partial charge in [0.2, 0.25) is 0 Å². The van der Waals surface area contributed by atoms with E-state index < -0.39 is 18.5 Å². The Morgan fingerprint density at radius 1 is 0.909 bits per heavy atom. The lowest BCUT2D eigenvalue weighted by Gasteiger charge is -2.37. The van der Waals surface area contributed by atoms with E-state index in [1.54, 1.807) is 12.1 Å². The van der Waals surface area contributed by atoms with Crippen molar-refractivity contribution < 1.29 is 19.4 Å². The van der Waals surface area contributed by atoms with Crippen molar-refractivity contribution >= 4 is 5.97 Å². The number of nitrogens with zero attached hydrogens (tertiary/aromatic N) is 1. The Morgan fingerprint density at radius 3 is 2.33 bits per heavy atom. The number of carbonyl (C=O) groups is 1. The number of fused-ring (bicyclic) bond motifs is 7. The van der Waals surface area contributed by atoms with Crippen LogP contribution < -0.4 is 0 Å². The number of esters is 1. The molecule has 33 heavy (non-hydrogen) atoms. The third kappa shape index (κ3) is 3.31. The normalized spacial score (nSPS) is 30.6. The summed E-state index contributed by atoms with van der Waals surface area (Å²) in [6.07, 6.45) is -1.01. The number of aliphatic hydroxyl groups is 1. The van der Waals surface area contributed by atoms with Gasteiger partial charge in [-0.05, 0) is 42.6 Å². The standard InChI is InChI=1S/C28H27NO4/c1-29-23-21-16-19-14-8-9-15-20(19)22(21)24(29)26(33-28(31)18-12-6-3-7-13-18)25(23)32-27(30)17-10-4-2-5-11-17/h2-15,21-26,28,31H,16H2,1H3. The Balaban J connectivity index is 1.34. The summed E-state index contributed by atoms with van der Waals surface area (Å²) in [6.45, 7) is 0. The molecule has 2 fully saturated rings. The highest BCUT2D eigenvalue weighted by Crippen LogP contribution is 2.57. The minimum Gasteiger partial charge on any atom is -0.454 e. The van der Waals surface area contributed by atoms with Gasteiger partial charge in [-0.15, -0.1) is 0 Å². The molecule has 1 aliphatic carbocycles. The Bertz CT molecular complexity index is 1150. The van der Waals surface area contributed by atoms with Crippen molar-refractivity contribution in [3.05, 3.63) is 107 Å². The number of hydrogen-bond acceptors (Lipinski definition) is 5. The third-order valence-electron chi connectivity index (χ3n) is 7.70. The summed E-state index contributed by atoms with van der Waals surface area (Å²) in [7, 11) is 2.10. The topological polar surface area (TPSA) is 59.0 Å². The quantitative estimate of drug-likeness (QED) is 0.480. The molecular formula is C28H27NO4. The minimum absolute atomic E-state index is 0.0237. The number of rotatable bonds is 5. The molecule has 3 aliphatic rings. The van der Waals surface area contributed by atoms with Crippen LogP contribution in [0.3, 0.4) is 0 Å². The summed E-state index contributed by atoms with van der Waals surface area (Å²) in [6, 6.07) is 27.1. The summed E-state index contributed by atoms with van der Waals surface area (Å²) in [5.41, 5.74) is 3.95. The number of hydrogen-bond donors (Lipinski definition) is 1. The number of benzene rings is 3. The predicted octanol–water partition coefficient (Wildman–Crippen LogP) is 3.94. The summed E-state index contributed by atoms with van der Waals surface area (Å²) < 4.78 is 12.5. The van der Waals surface area contributed by atoms with Crippen LogP contribution in [-0.2, 0) is 15.9 Å². The van der Waals surface area contributed by atoms with Gasteiger partial charge < -0.3 is 14.6 Å². The van der Waals surface area contributed by atoms with Crippen LogP contribution in [0, 0.1) is 5.92 Å². The third-order valence-corrected chi connectivity index (χ3v) is 7.70. The fraction of sp³-hybridized carbons (Fsp3) is 0.321. The molecular weight excluding hydrogens is 414 g/mol. The molecule has 2 aliphatic heterocycles. The molecule has 168 valence electrons. The monoisotopic (exact) mass is 441 g/mol. The number of carbonyl (C=O) groups excluding carboxylic acids is 1. The summed E-state index contributed by atoms with van der Waals surface area (Å²) in [5.74, 6) is 0.312. The zero-order chi connectivity index (χ0) is 22.5. The summed E-state index contributed by atoms with van der Waals surface area (Å²) in [4.78, 5) is 15.4. The zero-order valence-electron chi connectivity index (χ0n) is 18.5. The molecule has 3 aromatic rings. The van der Waals surface area contributed by atoms with Gasteiger partial charge in [0.15, 0.2) is 6.29 Å². The van der Waals surface area contributed by atoms with Crippen LogP contribution in [0.4, 0.5) is 0 Å². The number of likely N-dealkylation sites (N-methyl/N-ethyl adjacent to an activating group) is 1. The second-order valence-electron chi connectivity index (χ2n) is 9.34. The maximum Gasteiger partial charge on any atom is 0.338 e. The van der Waals surface area contributed by atoms with Crippen LogP contribution >= 0.6 is 0 Å². The molecule has 5 nitrogen and oxygen atoms in total. The average molecular weight is 442 g/mol. The molecule has 0 saturated carbocycles. The van der Waals surface area contributed by atoms with Crippen LogP contribution in [0.2, 0.25) is 0 Å². The van der Waals surface area contributed by atoms with Crippen molar-refractivity contribution in [2.24, 2.45) is 5.92 Å². The second-order valence-corrected chi connectivity index (χ2v) is 9.34. The molecule has 0 amide bonds. The van der Waals surface area contributed by atoms with E-state index in [9.17, 15) is 9.90 Å². The van der Waals surface area contributed by atoms with Crippen LogP contribution in [0.5, 0.6) is 0 Å². The van der Waals surface area contributed by atoms with Crippen molar-refractivity contribution in [2.45, 2.75) is 42.9 Å². The van der Waals surface area contributed by atoms with E-state index in [4.69, 9.17) is 9.47 Å². The fourth-order valence-corrected chi connectivity index (χ4v) is 6.39. The Morgan fingerprint density at radius 2 is 1.58 bits per heavy atom. The number of ether oxygens (including phenoxy) is 2. The molecule has 5 heteroatoms. The highest BCUT2D eigenvalue weighted by atomic mass is 16.6. The fourth-order valence-electron chi connectivity index (χ4n) is 6.39. The maximum atomic E-state index is 13.0. The average Bonchev–Trinajstić information content (AvgIpc) is 3.44. The van der Waals surface area contributed by atoms with Gasteiger partial charge in [-0.2, -0.15) is 0 Å². The smallest absolute Gasteiger partial charge is 0.338 e. The van der Waals surface area contributed by atoms with Gasteiger partial charge in [0, 0.05) is 17.5 Å². The Labute approximate surface area is 193 Å². The lowest BCUT2D eigenvalue weighted by molar-refractivity contribution is -0.176. The molecule has 0 aromatic heterocycles. The zero-order valence-corrected chi connectivity index (χ0v) is 18.5. The lowest BCUT2D eigenvalue weighted by Crippen LogP contribution is -2.48. The van der Waals surface area contributed by atoms with Gasteiger partial charge >= 0.3 is 5.97 Å². The van der Waals surface area contributed by atoms with Gasteiger partial charge in [-0.1, -0.05) is 72.8 Å². The second kappa shape index (κ2) is 8.10. The first-order chi connectivity index (χ1) is 16.1. The molecule has 7 unspecified atom stereocenters. The SMILES string of the molecule is CN1C2C3Cc4ccccc4C3C1C(OC(O)c1ccccc1)C2OC(=O)c1ccccc1. The van der Waals surface area contributed by atoms with Crippen LogP contribution in [0.1, 0.15) is 39.3 Å². The largest absolute Gasteiger partial charge is 0.454 e. The molecule has 0 radical (unpaired) electrons. The van der Waals surface area contributed by atoms with Crippen molar-refractivity contribution in [3.63, 3.8) is 0 Å². The van der Waals surface area contributed by atoms with E-state index in [1.807, 2.05) is 48.5 Å². The summed E-state index contributed by atoms with van der Waals surface area (Å²) >= 11 is 0. The van der Waals surface area contributed by atoms with Gasteiger partial charge in [0.25, 0.3) is 0 Å². The first-order valence-electron chi connectivity index (χ1n) is 11.6. The first-order valence-corrected chi connectivity index (χ1v) is 11.6. The van der Waals surface area contributed by atoms with E-state index in [0.717, 1.165) is 6.42 Å². The van der Waals surface area contributed by atoms with E-state index in [2.05, 4.69) is 36.2 Å². The van der Waals surface area contributed by atoms with E-state index >= 15 is 0 Å². The molecule has 2 saturated heterocycles. The molecule has 2 heterocycles. The lowest BCUT2D eigenvalue weighted by atomic mass is 9.76. The van der Waals surface area contributed by atoms with Crippen molar-refractivity contribution in [1.29, 1.82) is 0 Å². The van der Waals surface area contributed by atoms with Gasteiger partial charge in [-0.3, -0.25) is 4.90 Å². The Kier molecular flexibility index (Phi) is 5.06. The van der Waals surface area contributed by atoms with Crippen LogP contribution in [0.25, 0.3) is 0 Å².